The predicted octanol–water partition coefficient (Wildman–Crippen LogP) is 1.41. The van der Waals surface area contributed by atoms with Crippen LogP contribution >= 0.6 is 0 Å². The summed E-state index contributed by atoms with van der Waals surface area (Å²) in [6.07, 6.45) is 0.343. The fraction of sp³-hybridized carbons (Fsp3) is 0.846. The number of carbonyl (C=O) groups is 2. The van der Waals surface area contributed by atoms with Crippen LogP contribution in [0, 0.1) is 11.3 Å². The number of imide groups is 1. The number of hydrogen-bond acceptors (Lipinski definition) is 3. The molecule has 1 heterocycles. The highest BCUT2D eigenvalue weighted by Crippen LogP contribution is 2.31. The lowest BCUT2D eigenvalue weighted by molar-refractivity contribution is -0.141. The number of amides is 2. The Morgan fingerprint density at radius 2 is 1.88 bits per heavy atom. The molecule has 98 valence electrons. The number of carbonyl (C=O) groups excluding carboxylic acids is 2. The molecule has 1 N–H and O–H groups in total. The van der Waals surface area contributed by atoms with Crippen LogP contribution in [0.15, 0.2) is 0 Å². The summed E-state index contributed by atoms with van der Waals surface area (Å²) in [4.78, 5) is 25.2. The van der Waals surface area contributed by atoms with Crippen molar-refractivity contribution >= 4 is 11.8 Å². The predicted molar refractivity (Wildman–Crippen MR) is 67.4 cm³/mol. The first-order chi connectivity index (χ1) is 7.74. The molecule has 0 aromatic heterocycles. The minimum atomic E-state index is -0.512. The fourth-order valence-corrected chi connectivity index (χ4v) is 2.03. The van der Waals surface area contributed by atoms with Gasteiger partial charge in [-0.1, -0.05) is 34.6 Å². The van der Waals surface area contributed by atoms with Crippen LogP contribution in [0.2, 0.25) is 0 Å². The molecule has 0 aromatic rings. The van der Waals surface area contributed by atoms with Crippen molar-refractivity contribution in [3.63, 3.8) is 0 Å². The summed E-state index contributed by atoms with van der Waals surface area (Å²) < 4.78 is 0. The zero-order valence-corrected chi connectivity index (χ0v) is 11.5. The minimum absolute atomic E-state index is 0.0288. The van der Waals surface area contributed by atoms with E-state index in [1.54, 1.807) is 0 Å². The van der Waals surface area contributed by atoms with Gasteiger partial charge in [0.05, 0.1) is 5.41 Å². The summed E-state index contributed by atoms with van der Waals surface area (Å²) in [5.74, 6) is 0.231. The number of nitrogens with one attached hydrogen (secondary N) is 1. The van der Waals surface area contributed by atoms with Crippen LogP contribution in [0.25, 0.3) is 0 Å². The molecule has 1 unspecified atom stereocenters. The molecule has 1 saturated heterocycles. The van der Waals surface area contributed by atoms with E-state index in [4.69, 9.17) is 0 Å². The summed E-state index contributed by atoms with van der Waals surface area (Å²) >= 11 is 0. The van der Waals surface area contributed by atoms with Crippen LogP contribution in [-0.4, -0.2) is 35.8 Å². The van der Waals surface area contributed by atoms with Crippen LogP contribution in [0.4, 0.5) is 0 Å². The standard InChI is InChI=1S/C13H24N2O2/c1-9(2)14-7-10(3)8-15-11(16)6-13(4,5)12(15)17/h9-10,14H,6-8H2,1-5H3. The maximum absolute atomic E-state index is 12.0. The molecule has 2 amide bonds. The first-order valence-corrected chi connectivity index (χ1v) is 6.32. The van der Waals surface area contributed by atoms with E-state index in [9.17, 15) is 9.59 Å². The van der Waals surface area contributed by atoms with Gasteiger partial charge in [-0.15, -0.1) is 0 Å². The Bertz CT molecular complexity index is 311. The second kappa shape index (κ2) is 5.17. The zero-order valence-electron chi connectivity index (χ0n) is 11.5. The molecule has 4 heteroatoms. The Balaban J connectivity index is 2.52. The number of hydrogen-bond donors (Lipinski definition) is 1. The summed E-state index contributed by atoms with van der Waals surface area (Å²) in [7, 11) is 0. The van der Waals surface area contributed by atoms with Crippen molar-refractivity contribution in [3.05, 3.63) is 0 Å². The van der Waals surface area contributed by atoms with E-state index in [-0.39, 0.29) is 11.8 Å². The van der Waals surface area contributed by atoms with Gasteiger partial charge in [0, 0.05) is 19.0 Å². The third-order valence-corrected chi connectivity index (χ3v) is 3.09. The van der Waals surface area contributed by atoms with Gasteiger partial charge in [-0.05, 0) is 12.5 Å². The number of likely N-dealkylation sites (tertiary alicyclic amines) is 1. The molecule has 0 bridgehead atoms. The molecule has 0 spiro atoms. The lowest BCUT2D eigenvalue weighted by Gasteiger charge is -2.22. The molecule has 17 heavy (non-hydrogen) atoms. The fourth-order valence-electron chi connectivity index (χ4n) is 2.03. The van der Waals surface area contributed by atoms with Gasteiger partial charge in [-0.25, -0.2) is 0 Å². The molecule has 4 nitrogen and oxygen atoms in total. The Hall–Kier alpha value is -0.900. The highest BCUT2D eigenvalue weighted by atomic mass is 16.2. The molecule has 1 rings (SSSR count). The van der Waals surface area contributed by atoms with Crippen molar-refractivity contribution in [2.75, 3.05) is 13.1 Å². The minimum Gasteiger partial charge on any atom is -0.314 e. The van der Waals surface area contributed by atoms with Gasteiger partial charge in [0.25, 0.3) is 0 Å². The van der Waals surface area contributed by atoms with Gasteiger partial charge >= 0.3 is 0 Å². The largest absolute Gasteiger partial charge is 0.314 e. The Kier molecular flexibility index (Phi) is 4.31. The third kappa shape index (κ3) is 3.53. The van der Waals surface area contributed by atoms with Gasteiger partial charge in [0.2, 0.25) is 11.8 Å². The molecular weight excluding hydrogens is 216 g/mol. The van der Waals surface area contributed by atoms with Gasteiger partial charge in [-0.3, -0.25) is 14.5 Å². The van der Waals surface area contributed by atoms with Gasteiger partial charge in [-0.2, -0.15) is 0 Å². The van der Waals surface area contributed by atoms with Crippen molar-refractivity contribution < 1.29 is 9.59 Å². The Morgan fingerprint density at radius 3 is 2.29 bits per heavy atom. The summed E-state index contributed by atoms with van der Waals surface area (Å²) in [5, 5.41) is 3.32. The third-order valence-electron chi connectivity index (χ3n) is 3.09. The van der Waals surface area contributed by atoms with Gasteiger partial charge < -0.3 is 5.32 Å². The summed E-state index contributed by atoms with van der Waals surface area (Å²) in [5.41, 5.74) is -0.512. The van der Waals surface area contributed by atoms with Crippen LogP contribution in [0.1, 0.15) is 41.0 Å². The molecule has 0 radical (unpaired) electrons. The molecule has 0 saturated carbocycles. The smallest absolute Gasteiger partial charge is 0.235 e. The lowest BCUT2D eigenvalue weighted by Crippen LogP contribution is -2.39. The highest BCUT2D eigenvalue weighted by molar-refractivity contribution is 6.05. The number of rotatable bonds is 5. The molecular formula is C13H24N2O2. The number of nitrogens with zero attached hydrogens (tertiary/aromatic N) is 1. The molecule has 1 aliphatic rings. The first-order valence-electron chi connectivity index (χ1n) is 6.32. The van der Waals surface area contributed by atoms with E-state index >= 15 is 0 Å². The molecule has 0 aliphatic carbocycles. The van der Waals surface area contributed by atoms with E-state index in [1.165, 1.54) is 4.90 Å². The SMILES string of the molecule is CC(CNC(C)C)CN1C(=O)CC(C)(C)C1=O. The second-order valence-corrected chi connectivity index (χ2v) is 6.04. The van der Waals surface area contributed by atoms with Crippen LogP contribution in [0.5, 0.6) is 0 Å². The lowest BCUT2D eigenvalue weighted by atomic mass is 9.92. The van der Waals surface area contributed by atoms with Crippen LogP contribution in [-0.2, 0) is 9.59 Å². The molecule has 0 aromatic carbocycles. The van der Waals surface area contributed by atoms with Gasteiger partial charge in [0.15, 0.2) is 0 Å². The summed E-state index contributed by atoms with van der Waals surface area (Å²) in [6, 6.07) is 0.430. The van der Waals surface area contributed by atoms with E-state index in [0.29, 0.717) is 24.9 Å². The topological polar surface area (TPSA) is 49.4 Å². The Labute approximate surface area is 104 Å². The van der Waals surface area contributed by atoms with E-state index in [0.717, 1.165) is 6.54 Å². The van der Waals surface area contributed by atoms with E-state index in [2.05, 4.69) is 26.1 Å². The van der Waals surface area contributed by atoms with Crippen molar-refractivity contribution in [1.82, 2.24) is 10.2 Å². The van der Waals surface area contributed by atoms with E-state index < -0.39 is 5.41 Å². The average molecular weight is 240 g/mol. The van der Waals surface area contributed by atoms with Crippen molar-refractivity contribution in [3.8, 4) is 0 Å². The second-order valence-electron chi connectivity index (χ2n) is 6.04. The highest BCUT2D eigenvalue weighted by Gasteiger charge is 2.44. The molecule has 1 fully saturated rings. The quantitative estimate of drug-likeness (QED) is 0.739. The molecule has 1 aliphatic heterocycles. The van der Waals surface area contributed by atoms with Gasteiger partial charge in [0.1, 0.15) is 0 Å². The monoisotopic (exact) mass is 240 g/mol. The van der Waals surface area contributed by atoms with Crippen LogP contribution in [0.3, 0.4) is 0 Å². The van der Waals surface area contributed by atoms with E-state index in [1.807, 2.05) is 13.8 Å². The first kappa shape index (κ1) is 14.2. The zero-order chi connectivity index (χ0) is 13.2. The van der Waals surface area contributed by atoms with Crippen LogP contribution < -0.4 is 5.32 Å². The van der Waals surface area contributed by atoms with Crippen molar-refractivity contribution in [2.45, 2.75) is 47.1 Å². The Morgan fingerprint density at radius 1 is 1.29 bits per heavy atom. The van der Waals surface area contributed by atoms with Crippen molar-refractivity contribution in [1.29, 1.82) is 0 Å². The molecule has 1 atom stereocenters. The normalized spacial score (nSPS) is 21.4. The maximum atomic E-state index is 12.0. The summed E-state index contributed by atoms with van der Waals surface area (Å²) in [6.45, 7) is 11.3. The maximum Gasteiger partial charge on any atom is 0.235 e. The average Bonchev–Trinajstić information content (AvgIpc) is 2.38. The van der Waals surface area contributed by atoms with Crippen molar-refractivity contribution in [2.24, 2.45) is 11.3 Å².